The zero-order valence-electron chi connectivity index (χ0n) is 56.9. The minimum Gasteiger partial charge on any atom is -0.459 e. The van der Waals surface area contributed by atoms with Crippen LogP contribution in [0.2, 0.25) is 0 Å². The van der Waals surface area contributed by atoms with E-state index in [4.69, 9.17) is 80.5 Å². The molecule has 0 amide bonds. The van der Waals surface area contributed by atoms with Crippen molar-refractivity contribution in [3.63, 3.8) is 0 Å². The molecule has 5 aromatic rings. The molecule has 6 aliphatic heterocycles. The first kappa shape index (κ1) is 71.2. The summed E-state index contributed by atoms with van der Waals surface area (Å²) in [5.41, 5.74) is 2.92. The van der Waals surface area contributed by atoms with Crippen LogP contribution in [-0.4, -0.2) is 170 Å². The predicted molar refractivity (Wildman–Crippen MR) is 350 cm³/mol. The first-order valence-electron chi connectivity index (χ1n) is 34.0. The van der Waals surface area contributed by atoms with Gasteiger partial charge in [0.15, 0.2) is 37.6 Å². The van der Waals surface area contributed by atoms with Crippen LogP contribution in [0.1, 0.15) is 111 Å². The van der Waals surface area contributed by atoms with E-state index in [-0.39, 0.29) is 68.2 Å². The van der Waals surface area contributed by atoms with E-state index in [0.717, 1.165) is 11.1 Å². The zero-order chi connectivity index (χ0) is 67.6. The SMILES string of the molecule is COC[C@@H]1O[C@@H](O[C@@H]2C(COCc3ccccc3)O[C@@H](C)C(C)[C@H]2C)C(OC)C(C)[C@@H]1O[C@H]1O[C@@H](COC(=O)c2ccccc2)[C@@H](O[C@@H]2OC(COC(=O)c3ccccc3)[C@@H](O[C@H]3OC4COC(c5ccccc5)O[C@H]4[C@H](C)C3C)[C@H](C)C2OC(=O)c2ccccc2)C(C)C1C. The molecule has 20 nitrogen and oxygen atoms in total. The Bertz CT molecular complexity index is 3200. The second-order valence-electron chi connectivity index (χ2n) is 26.8. The summed E-state index contributed by atoms with van der Waals surface area (Å²) in [6, 6.07) is 45.8. The molecular formula is C76H96O20. The van der Waals surface area contributed by atoms with Gasteiger partial charge in [-0.3, -0.25) is 0 Å². The second-order valence-corrected chi connectivity index (χ2v) is 26.8. The number of carbonyl (C=O) groups excluding carboxylic acids is 3. The molecule has 0 bridgehead atoms. The third kappa shape index (κ3) is 16.6. The van der Waals surface area contributed by atoms with Crippen molar-refractivity contribution < 1.29 is 94.9 Å². The Labute approximate surface area is 564 Å². The molecule has 11 rings (SSSR count). The standard InChI is InChI=1S/C76H96O20/c1-43-44(2)62(58(86-51(43)9)39-82-37-52-27-17-12-18-28-52)95-75-67(81-11)49(7)65(57(89-75)38-80-10)92-72-48(6)46(4)64(59(87-72)40-83-69(77)53-29-19-13-20-30-53)96-76-68(91-71(79)55-33-23-15-24-34-55)50(8)66(60(90-76)41-84-70(78)54-31-21-14-22-32-54)93-73-47(5)45(3)63-61(88-73)42-85-74(94-63)56-35-25-16-26-36-56/h12-36,43-51,57-68,72-76H,37-42H2,1-11H3/t43?,44-,45-,46?,47?,48?,49?,50+,51+,57+,58?,59+,60?,61?,62+,63+,64+,65+,66+,67?,68?,72-,73-,74?,75+,76+/m1/s1. The summed E-state index contributed by atoms with van der Waals surface area (Å²) in [6.07, 6.45) is -13.3. The van der Waals surface area contributed by atoms with Crippen molar-refractivity contribution in [3.05, 3.63) is 179 Å². The number of esters is 3. The van der Waals surface area contributed by atoms with E-state index in [1.807, 2.05) is 113 Å². The molecule has 96 heavy (non-hydrogen) atoms. The third-order valence-corrected chi connectivity index (χ3v) is 20.7. The molecule has 520 valence electrons. The van der Waals surface area contributed by atoms with Crippen molar-refractivity contribution in [1.29, 1.82) is 0 Å². The largest absolute Gasteiger partial charge is 0.459 e. The highest BCUT2D eigenvalue weighted by Gasteiger charge is 2.56. The number of rotatable bonds is 24. The van der Waals surface area contributed by atoms with E-state index < -0.39 is 134 Å². The second kappa shape index (κ2) is 33.2. The first-order valence-corrected chi connectivity index (χ1v) is 34.0. The summed E-state index contributed by atoms with van der Waals surface area (Å²) in [4.78, 5) is 42.3. The van der Waals surface area contributed by atoms with Crippen molar-refractivity contribution in [2.45, 2.75) is 180 Å². The van der Waals surface area contributed by atoms with Gasteiger partial charge in [-0.25, -0.2) is 14.4 Å². The molecule has 20 heteroatoms. The van der Waals surface area contributed by atoms with Gasteiger partial charge in [0, 0.05) is 43.5 Å². The fourth-order valence-electron chi connectivity index (χ4n) is 14.2. The van der Waals surface area contributed by atoms with Crippen molar-refractivity contribution in [2.24, 2.45) is 47.3 Å². The maximum absolute atomic E-state index is 14.5. The summed E-state index contributed by atoms with van der Waals surface area (Å²) >= 11 is 0. The summed E-state index contributed by atoms with van der Waals surface area (Å²) < 4.78 is 113. The van der Waals surface area contributed by atoms with E-state index >= 15 is 0 Å². The molecule has 0 saturated carbocycles. The number of fused-ring (bicyclic) bond motifs is 1. The van der Waals surface area contributed by atoms with Crippen LogP contribution in [0.4, 0.5) is 0 Å². The summed E-state index contributed by atoms with van der Waals surface area (Å²) in [6.45, 7) is 19.0. The molecule has 6 saturated heterocycles. The van der Waals surface area contributed by atoms with Crippen LogP contribution in [0, 0.1) is 47.3 Å². The first-order chi connectivity index (χ1) is 46.5. The zero-order valence-corrected chi connectivity index (χ0v) is 56.9. The topological polar surface area (TPSA) is 208 Å². The van der Waals surface area contributed by atoms with Crippen LogP contribution in [0.5, 0.6) is 0 Å². The normalized spacial score (nSPS) is 37.0. The number of benzene rings is 5. The number of ether oxygens (including phenoxy) is 17. The van der Waals surface area contributed by atoms with Gasteiger partial charge < -0.3 is 80.5 Å². The average molecular weight is 1330 g/mol. The summed E-state index contributed by atoms with van der Waals surface area (Å²) in [5, 5.41) is 0. The number of hydrogen-bond acceptors (Lipinski definition) is 20. The Morgan fingerprint density at radius 2 is 0.823 bits per heavy atom. The van der Waals surface area contributed by atoms with Crippen molar-refractivity contribution in [2.75, 3.05) is 47.3 Å². The molecule has 6 fully saturated rings. The third-order valence-electron chi connectivity index (χ3n) is 20.7. The summed E-state index contributed by atoms with van der Waals surface area (Å²) in [7, 11) is 3.24. The van der Waals surface area contributed by atoms with E-state index in [1.165, 1.54) is 0 Å². The van der Waals surface area contributed by atoms with Gasteiger partial charge >= 0.3 is 17.9 Å². The number of methoxy groups -OCH3 is 2. The Balaban J connectivity index is 0.865. The molecule has 0 aromatic heterocycles. The van der Waals surface area contributed by atoms with Gasteiger partial charge in [0.1, 0.15) is 49.8 Å². The van der Waals surface area contributed by atoms with E-state index in [1.54, 1.807) is 87.0 Å². The Hall–Kier alpha value is -6.05. The fourth-order valence-corrected chi connectivity index (χ4v) is 14.2. The molecule has 11 unspecified atom stereocenters. The summed E-state index contributed by atoms with van der Waals surface area (Å²) in [5.74, 6) is -3.88. The lowest BCUT2D eigenvalue weighted by Crippen LogP contribution is -2.63. The van der Waals surface area contributed by atoms with Crippen molar-refractivity contribution in [1.82, 2.24) is 0 Å². The van der Waals surface area contributed by atoms with Gasteiger partial charge in [0.25, 0.3) is 0 Å². The minimum absolute atomic E-state index is 0.0373. The Morgan fingerprint density at radius 3 is 1.36 bits per heavy atom. The van der Waals surface area contributed by atoms with Crippen molar-refractivity contribution >= 4 is 17.9 Å². The van der Waals surface area contributed by atoms with Crippen LogP contribution in [0.3, 0.4) is 0 Å². The molecule has 0 radical (unpaired) electrons. The maximum Gasteiger partial charge on any atom is 0.338 e. The lowest BCUT2D eigenvalue weighted by atomic mass is 9.81. The van der Waals surface area contributed by atoms with Gasteiger partial charge in [0.05, 0.1) is 79.7 Å². The highest BCUT2D eigenvalue weighted by atomic mass is 16.8. The number of carbonyl (C=O) groups is 3. The quantitative estimate of drug-likeness (QED) is 0.0415. The van der Waals surface area contributed by atoms with Gasteiger partial charge in [-0.2, -0.15) is 0 Å². The molecule has 26 atom stereocenters. The monoisotopic (exact) mass is 1330 g/mol. The van der Waals surface area contributed by atoms with Gasteiger partial charge in [-0.15, -0.1) is 0 Å². The van der Waals surface area contributed by atoms with Crippen LogP contribution in [0.15, 0.2) is 152 Å². The molecule has 0 N–H and O–H groups in total. The lowest BCUT2D eigenvalue weighted by molar-refractivity contribution is -0.381. The van der Waals surface area contributed by atoms with Gasteiger partial charge in [0.2, 0.25) is 0 Å². The van der Waals surface area contributed by atoms with E-state index in [0.29, 0.717) is 29.9 Å². The molecule has 0 aliphatic carbocycles. The lowest BCUT2D eigenvalue weighted by Gasteiger charge is -2.52. The maximum atomic E-state index is 14.5. The molecule has 5 aromatic carbocycles. The Kier molecular flexibility index (Phi) is 24.6. The molecule has 6 heterocycles. The number of hydrogen-bond donors (Lipinski definition) is 0. The van der Waals surface area contributed by atoms with Crippen molar-refractivity contribution in [3.8, 4) is 0 Å². The minimum atomic E-state index is -1.36. The predicted octanol–water partition coefficient (Wildman–Crippen LogP) is 11.2. The molecular weight excluding hydrogens is 1230 g/mol. The molecule has 0 spiro atoms. The van der Waals surface area contributed by atoms with E-state index in [9.17, 15) is 14.4 Å². The fraction of sp³-hybridized carbons (Fsp3) is 0.566. The molecule has 6 aliphatic rings. The highest BCUT2D eigenvalue weighted by molar-refractivity contribution is 5.90. The van der Waals surface area contributed by atoms with Gasteiger partial charge in [-0.05, 0) is 72.6 Å². The smallest absolute Gasteiger partial charge is 0.338 e. The Morgan fingerprint density at radius 1 is 0.396 bits per heavy atom. The van der Waals surface area contributed by atoms with Gasteiger partial charge in [-0.1, -0.05) is 171 Å². The van der Waals surface area contributed by atoms with E-state index in [2.05, 4.69) is 27.7 Å². The van der Waals surface area contributed by atoms with Crippen LogP contribution >= 0.6 is 0 Å². The highest BCUT2D eigenvalue weighted by Crippen LogP contribution is 2.45. The van der Waals surface area contributed by atoms with Crippen LogP contribution in [-0.2, 0) is 87.1 Å². The van der Waals surface area contributed by atoms with Crippen LogP contribution < -0.4 is 0 Å². The average Bonchev–Trinajstić information content (AvgIpc) is 0.774. The van der Waals surface area contributed by atoms with Crippen LogP contribution in [0.25, 0.3) is 0 Å².